The number of aliphatic hydroxyl groups excluding tert-OH is 1. The van der Waals surface area contributed by atoms with Gasteiger partial charge in [-0.25, -0.2) is 0 Å². The number of hydrogen-bond acceptors (Lipinski definition) is 2. The highest BCUT2D eigenvalue weighted by Gasteiger charge is 2.22. The average molecular weight is 247 g/mol. The van der Waals surface area contributed by atoms with Crippen LogP contribution in [0.5, 0.6) is 0 Å². The molecule has 0 heterocycles. The molecule has 1 fully saturated rings. The van der Waals surface area contributed by atoms with Crippen molar-refractivity contribution in [3.63, 3.8) is 0 Å². The predicted molar refractivity (Wildman–Crippen MR) is 76.9 cm³/mol. The summed E-state index contributed by atoms with van der Waals surface area (Å²) in [7, 11) is 2.19. The predicted octanol–water partition coefficient (Wildman–Crippen LogP) is 3.75. The largest absolute Gasteiger partial charge is 0.389 e. The van der Waals surface area contributed by atoms with Crippen LogP contribution in [0.15, 0.2) is 24.3 Å². The minimum Gasteiger partial charge on any atom is -0.389 e. The van der Waals surface area contributed by atoms with Crippen molar-refractivity contribution in [1.29, 1.82) is 0 Å². The van der Waals surface area contributed by atoms with Crippen molar-refractivity contribution < 1.29 is 5.11 Å². The Morgan fingerprint density at radius 3 is 2.44 bits per heavy atom. The molecule has 1 aliphatic carbocycles. The number of anilines is 1. The standard InChI is InChI=1S/C16H25NO/c1-12-5-4-6-16(11-12)17(3)15-9-7-14(8-10-15)13(2)18/h7-10,12-13,16,18H,4-6,11H2,1-3H3/t12?,13-,16?/m1/s1. The van der Waals surface area contributed by atoms with Crippen molar-refractivity contribution in [2.24, 2.45) is 5.92 Å². The first kappa shape index (κ1) is 13.4. The second-order valence-corrected chi connectivity index (χ2v) is 5.80. The number of hydrogen-bond donors (Lipinski definition) is 1. The highest BCUT2D eigenvalue weighted by molar-refractivity contribution is 5.48. The molecule has 1 aliphatic rings. The third-order valence-electron chi connectivity index (χ3n) is 4.24. The topological polar surface area (TPSA) is 23.5 Å². The van der Waals surface area contributed by atoms with E-state index in [9.17, 15) is 5.11 Å². The third kappa shape index (κ3) is 3.05. The van der Waals surface area contributed by atoms with Gasteiger partial charge in [0.2, 0.25) is 0 Å². The van der Waals surface area contributed by atoms with E-state index in [1.165, 1.54) is 31.4 Å². The molecule has 1 aromatic rings. The van der Waals surface area contributed by atoms with E-state index in [4.69, 9.17) is 0 Å². The summed E-state index contributed by atoms with van der Waals surface area (Å²) in [5.74, 6) is 0.850. The van der Waals surface area contributed by atoms with Crippen molar-refractivity contribution in [2.45, 2.75) is 51.7 Å². The molecule has 0 aromatic heterocycles. The maximum Gasteiger partial charge on any atom is 0.0761 e. The van der Waals surface area contributed by atoms with Gasteiger partial charge >= 0.3 is 0 Å². The zero-order valence-electron chi connectivity index (χ0n) is 11.8. The first-order valence-corrected chi connectivity index (χ1v) is 7.08. The summed E-state index contributed by atoms with van der Waals surface area (Å²) in [5, 5.41) is 9.52. The van der Waals surface area contributed by atoms with Gasteiger partial charge in [0.1, 0.15) is 0 Å². The Balaban J connectivity index is 2.05. The van der Waals surface area contributed by atoms with Crippen molar-refractivity contribution >= 4 is 5.69 Å². The lowest BCUT2D eigenvalue weighted by molar-refractivity contribution is 0.199. The van der Waals surface area contributed by atoms with Crippen LogP contribution in [0.4, 0.5) is 5.69 Å². The van der Waals surface area contributed by atoms with Crippen LogP contribution in [0.2, 0.25) is 0 Å². The zero-order valence-corrected chi connectivity index (χ0v) is 11.8. The normalized spacial score (nSPS) is 25.8. The van der Waals surface area contributed by atoms with Gasteiger partial charge in [-0.3, -0.25) is 0 Å². The van der Waals surface area contributed by atoms with Gasteiger partial charge in [0.05, 0.1) is 6.10 Å². The molecule has 2 nitrogen and oxygen atoms in total. The molecule has 1 aromatic carbocycles. The Morgan fingerprint density at radius 1 is 1.22 bits per heavy atom. The monoisotopic (exact) mass is 247 g/mol. The van der Waals surface area contributed by atoms with Gasteiger partial charge in [-0.15, -0.1) is 0 Å². The number of nitrogens with zero attached hydrogens (tertiary/aromatic N) is 1. The van der Waals surface area contributed by atoms with Crippen molar-refractivity contribution in [1.82, 2.24) is 0 Å². The van der Waals surface area contributed by atoms with Crippen LogP contribution in [0.25, 0.3) is 0 Å². The van der Waals surface area contributed by atoms with Crippen molar-refractivity contribution in [3.05, 3.63) is 29.8 Å². The van der Waals surface area contributed by atoms with Crippen LogP contribution < -0.4 is 4.90 Å². The average Bonchev–Trinajstić information content (AvgIpc) is 2.38. The summed E-state index contributed by atoms with van der Waals surface area (Å²) >= 11 is 0. The van der Waals surface area contributed by atoms with Gasteiger partial charge in [-0.2, -0.15) is 0 Å². The summed E-state index contributed by atoms with van der Waals surface area (Å²) in [6.07, 6.45) is 4.96. The van der Waals surface area contributed by atoms with E-state index in [1.54, 1.807) is 0 Å². The molecule has 0 radical (unpaired) electrons. The SMILES string of the molecule is CC1CCCC(N(C)c2ccc([C@@H](C)O)cc2)C1. The molecule has 100 valence electrons. The van der Waals surface area contributed by atoms with E-state index in [-0.39, 0.29) is 6.10 Å². The molecular weight excluding hydrogens is 222 g/mol. The van der Waals surface area contributed by atoms with Gasteiger partial charge in [0, 0.05) is 18.8 Å². The lowest BCUT2D eigenvalue weighted by atomic mass is 9.86. The Labute approximate surface area is 111 Å². The Bertz CT molecular complexity index is 371. The van der Waals surface area contributed by atoms with Crippen LogP contribution in [-0.4, -0.2) is 18.2 Å². The highest BCUT2D eigenvalue weighted by atomic mass is 16.3. The highest BCUT2D eigenvalue weighted by Crippen LogP contribution is 2.30. The third-order valence-corrected chi connectivity index (χ3v) is 4.24. The molecule has 0 bridgehead atoms. The zero-order chi connectivity index (χ0) is 13.1. The summed E-state index contributed by atoms with van der Waals surface area (Å²) in [5.41, 5.74) is 2.25. The number of aliphatic hydroxyl groups is 1. The Morgan fingerprint density at radius 2 is 1.89 bits per heavy atom. The minimum absolute atomic E-state index is 0.376. The molecule has 3 atom stereocenters. The van der Waals surface area contributed by atoms with E-state index in [0.29, 0.717) is 6.04 Å². The first-order chi connectivity index (χ1) is 8.58. The maximum atomic E-state index is 9.52. The molecule has 0 amide bonds. The summed E-state index contributed by atoms with van der Waals surface area (Å²) in [4.78, 5) is 2.40. The molecule has 1 N–H and O–H groups in total. The fraction of sp³-hybridized carbons (Fsp3) is 0.625. The van der Waals surface area contributed by atoms with Gasteiger partial charge in [-0.05, 0) is 43.4 Å². The van der Waals surface area contributed by atoms with Crippen molar-refractivity contribution in [3.8, 4) is 0 Å². The maximum absolute atomic E-state index is 9.52. The van der Waals surface area contributed by atoms with E-state index in [0.717, 1.165) is 11.5 Å². The lowest BCUT2D eigenvalue weighted by Crippen LogP contribution is -2.35. The summed E-state index contributed by atoms with van der Waals surface area (Å²) in [6, 6.07) is 8.99. The van der Waals surface area contributed by atoms with E-state index in [1.807, 2.05) is 19.1 Å². The van der Waals surface area contributed by atoms with Crippen molar-refractivity contribution in [2.75, 3.05) is 11.9 Å². The quantitative estimate of drug-likeness (QED) is 0.879. The molecule has 0 aliphatic heterocycles. The molecule has 2 rings (SSSR count). The van der Waals surface area contributed by atoms with Crippen LogP contribution >= 0.6 is 0 Å². The number of rotatable bonds is 3. The first-order valence-electron chi connectivity index (χ1n) is 7.08. The molecule has 0 spiro atoms. The molecular formula is C16H25NO. The Hall–Kier alpha value is -1.02. The molecule has 1 saturated carbocycles. The fourth-order valence-electron chi connectivity index (χ4n) is 2.95. The van der Waals surface area contributed by atoms with Crippen LogP contribution in [0.3, 0.4) is 0 Å². The second kappa shape index (κ2) is 5.75. The van der Waals surface area contributed by atoms with E-state index >= 15 is 0 Å². The fourth-order valence-corrected chi connectivity index (χ4v) is 2.95. The van der Waals surface area contributed by atoms with Crippen LogP contribution in [0.1, 0.15) is 51.2 Å². The summed E-state index contributed by atoms with van der Waals surface area (Å²) in [6.45, 7) is 4.16. The minimum atomic E-state index is -0.376. The smallest absolute Gasteiger partial charge is 0.0761 e. The van der Waals surface area contributed by atoms with Crippen LogP contribution in [0, 0.1) is 5.92 Å². The molecule has 2 heteroatoms. The molecule has 18 heavy (non-hydrogen) atoms. The van der Waals surface area contributed by atoms with E-state index in [2.05, 4.69) is 31.0 Å². The van der Waals surface area contributed by atoms with Crippen LogP contribution in [-0.2, 0) is 0 Å². The van der Waals surface area contributed by atoms with Gasteiger partial charge in [-0.1, -0.05) is 31.9 Å². The second-order valence-electron chi connectivity index (χ2n) is 5.80. The van der Waals surface area contributed by atoms with E-state index < -0.39 is 0 Å². The summed E-state index contributed by atoms with van der Waals surface area (Å²) < 4.78 is 0. The lowest BCUT2D eigenvalue weighted by Gasteiger charge is -2.35. The molecule has 2 unspecified atom stereocenters. The van der Waals surface area contributed by atoms with Gasteiger partial charge < -0.3 is 10.0 Å². The van der Waals surface area contributed by atoms with Gasteiger partial charge in [0.25, 0.3) is 0 Å². The number of benzene rings is 1. The van der Waals surface area contributed by atoms with Gasteiger partial charge in [0.15, 0.2) is 0 Å². The Kier molecular flexibility index (Phi) is 4.28. The molecule has 0 saturated heterocycles.